The molecule has 0 saturated carbocycles. The molecule has 0 aliphatic carbocycles. The van der Waals surface area contributed by atoms with Crippen molar-refractivity contribution in [3.63, 3.8) is 0 Å². The summed E-state index contributed by atoms with van der Waals surface area (Å²) >= 11 is 0. The number of carboxylic acid groups (broad SMARTS) is 1. The van der Waals surface area contributed by atoms with Crippen LogP contribution in [0.3, 0.4) is 0 Å². The van der Waals surface area contributed by atoms with Gasteiger partial charge in [0.15, 0.2) is 0 Å². The molecule has 5 nitrogen and oxygen atoms in total. The molecule has 1 aliphatic rings. The lowest BCUT2D eigenvalue weighted by Gasteiger charge is -2.27. The van der Waals surface area contributed by atoms with E-state index in [4.69, 9.17) is 5.73 Å². The number of hydrogen-bond donors (Lipinski definition) is 2. The quantitative estimate of drug-likeness (QED) is 0.810. The first-order valence-electron chi connectivity index (χ1n) is 6.59. The number of anilines is 1. The molecule has 1 unspecified atom stereocenters. The van der Waals surface area contributed by atoms with E-state index in [0.717, 1.165) is 25.3 Å². The molecule has 3 N–H and O–H groups in total. The van der Waals surface area contributed by atoms with E-state index in [1.54, 1.807) is 0 Å². The standard InChI is InChI=1S/C14H17FN2O3/c15-10-8-9(5-6-11(10)16)13(18)17-7-3-1-2-4-12(17)14(19)20/h5-6,8,12H,1-4,7,16H2,(H,19,20). The second kappa shape index (κ2) is 5.90. The molecule has 1 aliphatic heterocycles. The summed E-state index contributed by atoms with van der Waals surface area (Å²) in [5.74, 6) is -2.15. The number of carbonyl (C=O) groups excluding carboxylic acids is 1. The Kier molecular flexibility index (Phi) is 4.22. The van der Waals surface area contributed by atoms with Crippen molar-refractivity contribution in [2.24, 2.45) is 0 Å². The topological polar surface area (TPSA) is 83.6 Å². The van der Waals surface area contributed by atoms with E-state index in [1.807, 2.05) is 0 Å². The molecule has 108 valence electrons. The van der Waals surface area contributed by atoms with E-state index in [0.29, 0.717) is 13.0 Å². The fraction of sp³-hybridized carbons (Fsp3) is 0.429. The molecule has 0 radical (unpaired) electrons. The second-order valence-electron chi connectivity index (χ2n) is 4.94. The Bertz CT molecular complexity index is 533. The number of nitrogen functional groups attached to an aromatic ring is 1. The summed E-state index contributed by atoms with van der Waals surface area (Å²) in [5.41, 5.74) is 5.47. The van der Waals surface area contributed by atoms with Crippen LogP contribution in [-0.2, 0) is 4.79 Å². The number of carbonyl (C=O) groups is 2. The molecular formula is C14H17FN2O3. The summed E-state index contributed by atoms with van der Waals surface area (Å²) in [6.07, 6.45) is 2.85. The molecule has 1 fully saturated rings. The number of nitrogens with zero attached hydrogens (tertiary/aromatic N) is 1. The zero-order chi connectivity index (χ0) is 14.7. The van der Waals surface area contributed by atoms with E-state index in [9.17, 15) is 19.1 Å². The molecule has 2 rings (SSSR count). The first-order valence-corrected chi connectivity index (χ1v) is 6.59. The van der Waals surface area contributed by atoms with Gasteiger partial charge >= 0.3 is 5.97 Å². The average Bonchev–Trinajstić information content (AvgIpc) is 2.66. The van der Waals surface area contributed by atoms with Gasteiger partial charge in [-0.25, -0.2) is 9.18 Å². The van der Waals surface area contributed by atoms with E-state index < -0.39 is 23.7 Å². The number of benzene rings is 1. The van der Waals surface area contributed by atoms with Gasteiger partial charge in [-0.2, -0.15) is 0 Å². The molecule has 1 saturated heterocycles. The number of aliphatic carboxylic acids is 1. The fourth-order valence-corrected chi connectivity index (χ4v) is 2.43. The Balaban J connectivity index is 2.28. The SMILES string of the molecule is Nc1ccc(C(=O)N2CCCCCC2C(=O)O)cc1F. The van der Waals surface area contributed by atoms with Crippen molar-refractivity contribution in [2.45, 2.75) is 31.7 Å². The lowest BCUT2D eigenvalue weighted by Crippen LogP contribution is -2.44. The van der Waals surface area contributed by atoms with Gasteiger partial charge in [0.25, 0.3) is 5.91 Å². The van der Waals surface area contributed by atoms with Crippen LogP contribution in [-0.4, -0.2) is 34.5 Å². The molecule has 6 heteroatoms. The number of hydrogen-bond acceptors (Lipinski definition) is 3. The highest BCUT2D eigenvalue weighted by atomic mass is 19.1. The summed E-state index contributed by atoms with van der Waals surface area (Å²) < 4.78 is 13.4. The first-order chi connectivity index (χ1) is 9.50. The maximum Gasteiger partial charge on any atom is 0.326 e. The zero-order valence-corrected chi connectivity index (χ0v) is 11.0. The summed E-state index contributed by atoms with van der Waals surface area (Å²) in [6.45, 7) is 0.377. The number of carboxylic acids is 1. The normalized spacial score (nSPS) is 19.4. The number of amides is 1. The Labute approximate surface area is 116 Å². The van der Waals surface area contributed by atoms with Crippen LogP contribution in [0.4, 0.5) is 10.1 Å². The van der Waals surface area contributed by atoms with Gasteiger partial charge in [0.1, 0.15) is 11.9 Å². The number of nitrogens with two attached hydrogens (primary N) is 1. The minimum Gasteiger partial charge on any atom is -0.480 e. The van der Waals surface area contributed by atoms with Gasteiger partial charge < -0.3 is 15.7 Å². The maximum absolute atomic E-state index is 13.4. The predicted molar refractivity (Wildman–Crippen MR) is 71.7 cm³/mol. The molecule has 0 bridgehead atoms. The number of halogens is 1. The third kappa shape index (κ3) is 2.89. The van der Waals surface area contributed by atoms with Crippen LogP contribution in [0, 0.1) is 5.82 Å². The third-order valence-electron chi connectivity index (χ3n) is 3.55. The Morgan fingerprint density at radius 3 is 2.70 bits per heavy atom. The van der Waals surface area contributed by atoms with Gasteiger partial charge in [0, 0.05) is 12.1 Å². The Hall–Kier alpha value is -2.11. The van der Waals surface area contributed by atoms with Crippen LogP contribution in [0.25, 0.3) is 0 Å². The monoisotopic (exact) mass is 280 g/mol. The Morgan fingerprint density at radius 2 is 2.05 bits per heavy atom. The van der Waals surface area contributed by atoms with Gasteiger partial charge in [0.05, 0.1) is 5.69 Å². The fourth-order valence-electron chi connectivity index (χ4n) is 2.43. The Morgan fingerprint density at radius 1 is 1.30 bits per heavy atom. The summed E-state index contributed by atoms with van der Waals surface area (Å²) in [5, 5.41) is 9.24. The molecule has 0 aromatic heterocycles. The highest BCUT2D eigenvalue weighted by molar-refractivity contribution is 5.97. The van der Waals surface area contributed by atoms with Crippen molar-refractivity contribution in [3.05, 3.63) is 29.6 Å². The summed E-state index contributed by atoms with van der Waals surface area (Å²) in [6, 6.07) is 2.95. The molecule has 1 heterocycles. The largest absolute Gasteiger partial charge is 0.480 e. The van der Waals surface area contributed by atoms with Crippen LogP contribution in [0.5, 0.6) is 0 Å². The van der Waals surface area contributed by atoms with Crippen LogP contribution in [0.2, 0.25) is 0 Å². The minimum atomic E-state index is -1.02. The maximum atomic E-state index is 13.4. The van der Waals surface area contributed by atoms with Gasteiger partial charge in [0.2, 0.25) is 0 Å². The molecule has 0 spiro atoms. The van der Waals surface area contributed by atoms with E-state index in [2.05, 4.69) is 0 Å². The van der Waals surface area contributed by atoms with Crippen molar-refractivity contribution in [1.82, 2.24) is 4.90 Å². The van der Waals surface area contributed by atoms with Gasteiger partial charge in [-0.15, -0.1) is 0 Å². The first kappa shape index (κ1) is 14.3. The van der Waals surface area contributed by atoms with Crippen molar-refractivity contribution in [3.8, 4) is 0 Å². The molecular weight excluding hydrogens is 263 g/mol. The van der Waals surface area contributed by atoms with Crippen LogP contribution in [0.1, 0.15) is 36.0 Å². The number of rotatable bonds is 2. The molecule has 1 aromatic carbocycles. The van der Waals surface area contributed by atoms with Crippen molar-refractivity contribution in [2.75, 3.05) is 12.3 Å². The van der Waals surface area contributed by atoms with Crippen molar-refractivity contribution >= 4 is 17.6 Å². The third-order valence-corrected chi connectivity index (χ3v) is 3.55. The smallest absolute Gasteiger partial charge is 0.326 e. The van der Waals surface area contributed by atoms with Crippen molar-refractivity contribution in [1.29, 1.82) is 0 Å². The van der Waals surface area contributed by atoms with Gasteiger partial charge in [-0.1, -0.05) is 12.8 Å². The molecule has 1 amide bonds. The van der Waals surface area contributed by atoms with E-state index in [-0.39, 0.29) is 11.3 Å². The van der Waals surface area contributed by atoms with Crippen molar-refractivity contribution < 1.29 is 19.1 Å². The average molecular weight is 280 g/mol. The summed E-state index contributed by atoms with van der Waals surface area (Å²) in [4.78, 5) is 25.0. The minimum absolute atomic E-state index is 0.0350. The molecule has 1 aromatic rings. The highest BCUT2D eigenvalue weighted by Gasteiger charge is 2.31. The second-order valence-corrected chi connectivity index (χ2v) is 4.94. The molecule has 1 atom stereocenters. The lowest BCUT2D eigenvalue weighted by atomic mass is 10.1. The summed E-state index contributed by atoms with van der Waals surface area (Å²) in [7, 11) is 0. The predicted octanol–water partition coefficient (Wildman–Crippen LogP) is 1.88. The van der Waals surface area contributed by atoms with Gasteiger partial charge in [-0.05, 0) is 31.0 Å². The lowest BCUT2D eigenvalue weighted by molar-refractivity contribution is -0.142. The van der Waals surface area contributed by atoms with Gasteiger partial charge in [-0.3, -0.25) is 4.79 Å². The van der Waals surface area contributed by atoms with Crippen LogP contribution >= 0.6 is 0 Å². The van der Waals surface area contributed by atoms with E-state index >= 15 is 0 Å². The zero-order valence-electron chi connectivity index (χ0n) is 11.0. The van der Waals surface area contributed by atoms with E-state index in [1.165, 1.54) is 17.0 Å². The van der Waals surface area contributed by atoms with Crippen LogP contribution < -0.4 is 5.73 Å². The number of likely N-dealkylation sites (tertiary alicyclic amines) is 1. The van der Waals surface area contributed by atoms with Crippen LogP contribution in [0.15, 0.2) is 18.2 Å². The molecule has 20 heavy (non-hydrogen) atoms. The highest BCUT2D eigenvalue weighted by Crippen LogP contribution is 2.21.